The van der Waals surface area contributed by atoms with E-state index in [1.807, 2.05) is 18.2 Å². The fourth-order valence-electron chi connectivity index (χ4n) is 2.33. The Bertz CT molecular complexity index is 397. The average Bonchev–Trinajstić information content (AvgIpc) is 2.90. The van der Waals surface area contributed by atoms with Gasteiger partial charge in [-0.25, -0.2) is 0 Å². The van der Waals surface area contributed by atoms with Crippen LogP contribution in [0.2, 0.25) is 0 Å². The minimum absolute atomic E-state index is 0.730. The molecular formula is C15H21NO2. The van der Waals surface area contributed by atoms with Crippen LogP contribution in [-0.2, 0) is 6.54 Å². The topological polar surface area (TPSA) is 29.5 Å². The standard InChI is InChI=1S/C15H21NO2/c1-2-9-18-15-6-5-13(12-17)10-14(15)11-16-7-3-4-8-16/h5-6,10,12H,2-4,7-9,11H2,1H3. The van der Waals surface area contributed by atoms with Gasteiger partial charge >= 0.3 is 0 Å². The summed E-state index contributed by atoms with van der Waals surface area (Å²) in [6.07, 6.45) is 4.45. The van der Waals surface area contributed by atoms with Gasteiger partial charge in [-0.3, -0.25) is 9.69 Å². The molecule has 0 aliphatic carbocycles. The van der Waals surface area contributed by atoms with Crippen LogP contribution in [0.25, 0.3) is 0 Å². The largest absolute Gasteiger partial charge is 0.493 e. The van der Waals surface area contributed by atoms with E-state index in [2.05, 4.69) is 11.8 Å². The van der Waals surface area contributed by atoms with Gasteiger partial charge in [0.05, 0.1) is 6.61 Å². The molecule has 3 heteroatoms. The van der Waals surface area contributed by atoms with Gasteiger partial charge in [0.15, 0.2) is 0 Å². The van der Waals surface area contributed by atoms with Crippen molar-refractivity contribution in [2.45, 2.75) is 32.7 Å². The molecular weight excluding hydrogens is 226 g/mol. The first-order chi connectivity index (χ1) is 8.83. The predicted molar refractivity (Wildman–Crippen MR) is 72.1 cm³/mol. The number of carbonyl (C=O) groups excluding carboxylic acids is 1. The van der Waals surface area contributed by atoms with Crippen LogP contribution >= 0.6 is 0 Å². The Morgan fingerprint density at radius 1 is 1.33 bits per heavy atom. The van der Waals surface area contributed by atoms with Crippen LogP contribution in [0.3, 0.4) is 0 Å². The molecule has 18 heavy (non-hydrogen) atoms. The normalized spacial score (nSPS) is 15.8. The van der Waals surface area contributed by atoms with E-state index < -0.39 is 0 Å². The Hall–Kier alpha value is -1.35. The molecule has 0 bridgehead atoms. The highest BCUT2D eigenvalue weighted by Crippen LogP contribution is 2.23. The van der Waals surface area contributed by atoms with Crippen molar-refractivity contribution in [2.75, 3.05) is 19.7 Å². The maximum Gasteiger partial charge on any atom is 0.150 e. The van der Waals surface area contributed by atoms with Crippen LogP contribution in [0.1, 0.15) is 42.1 Å². The summed E-state index contributed by atoms with van der Waals surface area (Å²) >= 11 is 0. The summed E-state index contributed by atoms with van der Waals surface area (Å²) in [6, 6.07) is 5.70. The van der Waals surface area contributed by atoms with E-state index in [0.717, 1.165) is 55.8 Å². The molecule has 1 aliphatic heterocycles. The van der Waals surface area contributed by atoms with Crippen molar-refractivity contribution >= 4 is 6.29 Å². The fraction of sp³-hybridized carbons (Fsp3) is 0.533. The molecule has 0 saturated carbocycles. The monoisotopic (exact) mass is 247 g/mol. The maximum atomic E-state index is 10.9. The lowest BCUT2D eigenvalue weighted by atomic mass is 10.1. The second-order valence-electron chi connectivity index (χ2n) is 4.82. The molecule has 0 aromatic heterocycles. The van der Waals surface area contributed by atoms with Crippen LogP contribution in [0.5, 0.6) is 5.75 Å². The van der Waals surface area contributed by atoms with Crippen LogP contribution < -0.4 is 4.74 Å². The Labute approximate surface area is 109 Å². The molecule has 1 aromatic rings. The van der Waals surface area contributed by atoms with E-state index in [1.54, 1.807) is 0 Å². The van der Waals surface area contributed by atoms with Crippen molar-refractivity contribution < 1.29 is 9.53 Å². The average molecular weight is 247 g/mol. The third-order valence-electron chi connectivity index (χ3n) is 3.27. The lowest BCUT2D eigenvalue weighted by Crippen LogP contribution is -2.19. The van der Waals surface area contributed by atoms with Crippen LogP contribution in [0.15, 0.2) is 18.2 Å². The van der Waals surface area contributed by atoms with Gasteiger partial charge < -0.3 is 4.74 Å². The van der Waals surface area contributed by atoms with Crippen molar-refractivity contribution in [3.63, 3.8) is 0 Å². The van der Waals surface area contributed by atoms with Gasteiger partial charge in [0.2, 0.25) is 0 Å². The minimum atomic E-state index is 0.730. The van der Waals surface area contributed by atoms with Crippen molar-refractivity contribution in [3.05, 3.63) is 29.3 Å². The summed E-state index contributed by atoms with van der Waals surface area (Å²) in [5.74, 6) is 0.925. The molecule has 98 valence electrons. The summed E-state index contributed by atoms with van der Waals surface area (Å²) < 4.78 is 5.75. The summed E-state index contributed by atoms with van der Waals surface area (Å²) in [7, 11) is 0. The lowest BCUT2D eigenvalue weighted by Gasteiger charge is -2.18. The molecule has 3 nitrogen and oxygen atoms in total. The highest BCUT2D eigenvalue weighted by molar-refractivity contribution is 5.75. The van der Waals surface area contributed by atoms with Gasteiger partial charge in [0.1, 0.15) is 12.0 Å². The number of nitrogens with zero attached hydrogens (tertiary/aromatic N) is 1. The first-order valence-corrected chi connectivity index (χ1v) is 6.76. The first kappa shape index (κ1) is 13.1. The third-order valence-corrected chi connectivity index (χ3v) is 3.27. The number of carbonyl (C=O) groups is 1. The molecule has 0 radical (unpaired) electrons. The van der Waals surface area contributed by atoms with E-state index in [4.69, 9.17) is 4.74 Å². The quantitative estimate of drug-likeness (QED) is 0.724. The highest BCUT2D eigenvalue weighted by Gasteiger charge is 2.14. The molecule has 0 amide bonds. The van der Waals surface area contributed by atoms with Crippen molar-refractivity contribution in [1.82, 2.24) is 4.90 Å². The summed E-state index contributed by atoms with van der Waals surface area (Å²) in [5, 5.41) is 0. The van der Waals surface area contributed by atoms with E-state index in [-0.39, 0.29) is 0 Å². The summed E-state index contributed by atoms with van der Waals surface area (Å²) in [5.41, 5.74) is 1.86. The minimum Gasteiger partial charge on any atom is -0.493 e. The molecule has 1 aromatic carbocycles. The Morgan fingerprint density at radius 2 is 2.11 bits per heavy atom. The third kappa shape index (κ3) is 3.33. The zero-order chi connectivity index (χ0) is 12.8. The smallest absolute Gasteiger partial charge is 0.150 e. The number of likely N-dealkylation sites (tertiary alicyclic amines) is 1. The molecule has 1 fully saturated rings. The number of hydrogen-bond donors (Lipinski definition) is 0. The molecule has 0 spiro atoms. The van der Waals surface area contributed by atoms with Crippen LogP contribution in [0, 0.1) is 0 Å². The summed E-state index contributed by atoms with van der Waals surface area (Å²) in [4.78, 5) is 13.3. The van der Waals surface area contributed by atoms with Crippen LogP contribution in [0.4, 0.5) is 0 Å². The van der Waals surface area contributed by atoms with Crippen molar-refractivity contribution in [1.29, 1.82) is 0 Å². The van der Waals surface area contributed by atoms with E-state index >= 15 is 0 Å². The van der Waals surface area contributed by atoms with E-state index in [9.17, 15) is 4.79 Å². The van der Waals surface area contributed by atoms with E-state index in [1.165, 1.54) is 12.8 Å². The number of hydrogen-bond acceptors (Lipinski definition) is 3. The molecule has 1 saturated heterocycles. The number of benzene rings is 1. The van der Waals surface area contributed by atoms with Crippen molar-refractivity contribution in [3.8, 4) is 5.75 Å². The fourth-order valence-corrected chi connectivity index (χ4v) is 2.33. The van der Waals surface area contributed by atoms with Gasteiger partial charge in [-0.15, -0.1) is 0 Å². The molecule has 0 unspecified atom stereocenters. The zero-order valence-corrected chi connectivity index (χ0v) is 11.0. The Morgan fingerprint density at radius 3 is 2.78 bits per heavy atom. The zero-order valence-electron chi connectivity index (χ0n) is 11.0. The lowest BCUT2D eigenvalue weighted by molar-refractivity contribution is 0.112. The maximum absolute atomic E-state index is 10.9. The Balaban J connectivity index is 2.13. The predicted octanol–water partition coefficient (Wildman–Crippen LogP) is 2.88. The van der Waals surface area contributed by atoms with Gasteiger partial charge in [0.25, 0.3) is 0 Å². The molecule has 0 atom stereocenters. The van der Waals surface area contributed by atoms with Gasteiger partial charge in [-0.1, -0.05) is 6.92 Å². The number of rotatable bonds is 6. The van der Waals surface area contributed by atoms with Gasteiger partial charge in [0, 0.05) is 17.7 Å². The number of aldehydes is 1. The second kappa shape index (κ2) is 6.55. The van der Waals surface area contributed by atoms with E-state index in [0.29, 0.717) is 0 Å². The second-order valence-corrected chi connectivity index (χ2v) is 4.82. The van der Waals surface area contributed by atoms with Gasteiger partial charge in [-0.2, -0.15) is 0 Å². The molecule has 0 N–H and O–H groups in total. The summed E-state index contributed by atoms with van der Waals surface area (Å²) in [6.45, 7) is 6.02. The van der Waals surface area contributed by atoms with Crippen molar-refractivity contribution in [2.24, 2.45) is 0 Å². The van der Waals surface area contributed by atoms with Gasteiger partial charge in [-0.05, 0) is 50.6 Å². The Kier molecular flexibility index (Phi) is 4.76. The molecule has 2 rings (SSSR count). The first-order valence-electron chi connectivity index (χ1n) is 6.76. The van der Waals surface area contributed by atoms with Crippen LogP contribution in [-0.4, -0.2) is 30.9 Å². The number of ether oxygens (including phenoxy) is 1. The molecule has 1 aliphatic rings. The molecule has 1 heterocycles. The SMILES string of the molecule is CCCOc1ccc(C=O)cc1CN1CCCC1. The highest BCUT2D eigenvalue weighted by atomic mass is 16.5.